The molecule has 1 aromatic rings. The van der Waals surface area contributed by atoms with Gasteiger partial charge in [0.1, 0.15) is 11.9 Å². The van der Waals surface area contributed by atoms with Crippen LogP contribution in [0, 0.1) is 6.92 Å². The highest BCUT2D eigenvalue weighted by atomic mass is 16.1. The normalized spacial score (nSPS) is 20.3. The summed E-state index contributed by atoms with van der Waals surface area (Å²) in [7, 11) is 0. The van der Waals surface area contributed by atoms with E-state index in [1.54, 1.807) is 6.20 Å². The lowest BCUT2D eigenvalue weighted by Crippen LogP contribution is -2.48. The van der Waals surface area contributed by atoms with Crippen molar-refractivity contribution in [1.82, 2.24) is 4.98 Å². The van der Waals surface area contributed by atoms with E-state index in [-0.39, 0.29) is 11.9 Å². The molecule has 0 bridgehead atoms. The quantitative estimate of drug-likeness (QED) is 0.793. The number of nitrogens with zero attached hydrogens (tertiary/aromatic N) is 2. The third kappa shape index (κ3) is 2.33. The van der Waals surface area contributed by atoms with Gasteiger partial charge in [-0.2, -0.15) is 0 Å². The van der Waals surface area contributed by atoms with Crippen molar-refractivity contribution >= 4 is 17.4 Å². The van der Waals surface area contributed by atoms with Crippen LogP contribution in [0.2, 0.25) is 0 Å². The maximum Gasteiger partial charge on any atom is 0.240 e. The molecule has 1 saturated heterocycles. The third-order valence-corrected chi connectivity index (χ3v) is 3.26. The van der Waals surface area contributed by atoms with Crippen LogP contribution in [0.3, 0.4) is 0 Å². The van der Waals surface area contributed by atoms with Crippen LogP contribution < -0.4 is 16.4 Å². The zero-order valence-corrected chi connectivity index (χ0v) is 10.0. The molecule has 2 rings (SSSR count). The van der Waals surface area contributed by atoms with Crippen LogP contribution in [0.15, 0.2) is 12.3 Å². The summed E-state index contributed by atoms with van der Waals surface area (Å²) in [6.07, 6.45) is 4.62. The van der Waals surface area contributed by atoms with E-state index in [1.165, 1.54) is 0 Å². The Morgan fingerprint density at radius 1 is 1.53 bits per heavy atom. The molecule has 0 saturated carbocycles. The van der Waals surface area contributed by atoms with E-state index in [4.69, 9.17) is 11.5 Å². The van der Waals surface area contributed by atoms with Gasteiger partial charge in [0.05, 0.1) is 0 Å². The Balaban J connectivity index is 2.29. The number of rotatable bonds is 2. The lowest BCUT2D eigenvalue weighted by Gasteiger charge is -2.34. The summed E-state index contributed by atoms with van der Waals surface area (Å²) in [5.41, 5.74) is 12.9. The van der Waals surface area contributed by atoms with Gasteiger partial charge in [0.15, 0.2) is 0 Å². The molecule has 1 aromatic heterocycles. The molecule has 1 amide bonds. The molecule has 1 aliphatic heterocycles. The lowest BCUT2D eigenvalue weighted by molar-refractivity contribution is -0.119. The number of carbonyl (C=O) groups is 1. The first-order valence-corrected chi connectivity index (χ1v) is 5.87. The number of hydrogen-bond donors (Lipinski definition) is 2. The molecule has 2 heterocycles. The van der Waals surface area contributed by atoms with Gasteiger partial charge in [-0.3, -0.25) is 4.79 Å². The van der Waals surface area contributed by atoms with Crippen molar-refractivity contribution in [3.63, 3.8) is 0 Å². The average molecular weight is 234 g/mol. The molecule has 5 nitrogen and oxygen atoms in total. The second-order valence-corrected chi connectivity index (χ2v) is 4.51. The maximum atomic E-state index is 11.4. The summed E-state index contributed by atoms with van der Waals surface area (Å²) in [4.78, 5) is 17.7. The smallest absolute Gasteiger partial charge is 0.240 e. The number of carbonyl (C=O) groups excluding carboxylic acids is 1. The van der Waals surface area contributed by atoms with Crippen molar-refractivity contribution < 1.29 is 4.79 Å². The first kappa shape index (κ1) is 11.7. The second kappa shape index (κ2) is 4.61. The van der Waals surface area contributed by atoms with E-state index in [0.717, 1.165) is 37.2 Å². The highest BCUT2D eigenvalue weighted by Crippen LogP contribution is 2.25. The Morgan fingerprint density at radius 3 is 2.94 bits per heavy atom. The predicted molar refractivity (Wildman–Crippen MR) is 67.6 cm³/mol. The molecular weight excluding hydrogens is 216 g/mol. The first-order chi connectivity index (χ1) is 8.09. The van der Waals surface area contributed by atoms with Gasteiger partial charge < -0.3 is 16.4 Å². The molecule has 0 aliphatic carbocycles. The van der Waals surface area contributed by atoms with Gasteiger partial charge in [0.25, 0.3) is 0 Å². The summed E-state index contributed by atoms with van der Waals surface area (Å²) >= 11 is 0. The Morgan fingerprint density at radius 2 is 2.29 bits per heavy atom. The van der Waals surface area contributed by atoms with Crippen LogP contribution in [0.1, 0.15) is 24.8 Å². The SMILES string of the molecule is Cc1cnc(N2CCCCC2C(N)=O)cc1N. The second-order valence-electron chi connectivity index (χ2n) is 4.51. The molecular formula is C12H18N4O. The first-order valence-electron chi connectivity index (χ1n) is 5.87. The van der Waals surface area contributed by atoms with Crippen LogP contribution in [-0.4, -0.2) is 23.5 Å². The molecule has 5 heteroatoms. The number of aromatic nitrogens is 1. The summed E-state index contributed by atoms with van der Waals surface area (Å²) in [6, 6.07) is 1.56. The van der Waals surface area contributed by atoms with Gasteiger partial charge in [-0.15, -0.1) is 0 Å². The monoisotopic (exact) mass is 234 g/mol. The van der Waals surface area contributed by atoms with E-state index in [9.17, 15) is 4.79 Å². The fourth-order valence-electron chi connectivity index (χ4n) is 2.19. The molecule has 0 radical (unpaired) electrons. The van der Waals surface area contributed by atoms with Gasteiger partial charge in [0, 0.05) is 24.5 Å². The Bertz CT molecular complexity index is 433. The number of anilines is 2. The maximum absolute atomic E-state index is 11.4. The van der Waals surface area contributed by atoms with E-state index in [1.807, 2.05) is 17.9 Å². The number of nitrogen functional groups attached to an aromatic ring is 1. The predicted octanol–water partition coefficient (Wildman–Crippen LogP) is 0.816. The Labute approximate surface area is 101 Å². The van der Waals surface area contributed by atoms with Crippen LogP contribution >= 0.6 is 0 Å². The van der Waals surface area contributed by atoms with E-state index >= 15 is 0 Å². The highest BCUT2D eigenvalue weighted by Gasteiger charge is 2.27. The van der Waals surface area contributed by atoms with Crippen molar-refractivity contribution in [2.24, 2.45) is 5.73 Å². The van der Waals surface area contributed by atoms with Gasteiger partial charge in [-0.25, -0.2) is 4.98 Å². The zero-order valence-electron chi connectivity index (χ0n) is 10.0. The Hall–Kier alpha value is -1.78. The number of piperidine rings is 1. The van der Waals surface area contributed by atoms with Crippen molar-refractivity contribution in [2.45, 2.75) is 32.2 Å². The standard InChI is InChI=1S/C12H18N4O/c1-8-7-15-11(6-9(8)13)16-5-3-2-4-10(16)12(14)17/h6-7,10H,2-5H2,1H3,(H2,13,15)(H2,14,17). The summed E-state index contributed by atoms with van der Waals surface area (Å²) in [5.74, 6) is 0.460. The number of amides is 1. The minimum atomic E-state index is -0.286. The fourth-order valence-corrected chi connectivity index (χ4v) is 2.19. The highest BCUT2D eigenvalue weighted by molar-refractivity contribution is 5.83. The van der Waals surface area contributed by atoms with Crippen molar-refractivity contribution in [3.8, 4) is 0 Å². The molecule has 1 fully saturated rings. The summed E-state index contributed by atoms with van der Waals surface area (Å²) in [5, 5.41) is 0. The number of nitrogens with two attached hydrogens (primary N) is 2. The number of hydrogen-bond acceptors (Lipinski definition) is 4. The van der Waals surface area contributed by atoms with E-state index in [0.29, 0.717) is 5.69 Å². The van der Waals surface area contributed by atoms with Gasteiger partial charge >= 0.3 is 0 Å². The van der Waals surface area contributed by atoms with Crippen molar-refractivity contribution in [2.75, 3.05) is 17.2 Å². The topological polar surface area (TPSA) is 85.2 Å². The molecule has 92 valence electrons. The van der Waals surface area contributed by atoms with Crippen molar-refractivity contribution in [1.29, 1.82) is 0 Å². The van der Waals surface area contributed by atoms with Gasteiger partial charge in [0.2, 0.25) is 5.91 Å². The number of primary amides is 1. The molecule has 17 heavy (non-hydrogen) atoms. The fraction of sp³-hybridized carbons (Fsp3) is 0.500. The van der Waals surface area contributed by atoms with Gasteiger partial charge in [-0.1, -0.05) is 0 Å². The largest absolute Gasteiger partial charge is 0.398 e. The molecule has 4 N–H and O–H groups in total. The molecule has 1 aliphatic rings. The van der Waals surface area contributed by atoms with Crippen LogP contribution in [0.25, 0.3) is 0 Å². The Kier molecular flexibility index (Phi) is 3.17. The molecule has 1 unspecified atom stereocenters. The van der Waals surface area contributed by atoms with Gasteiger partial charge in [-0.05, 0) is 31.7 Å². The van der Waals surface area contributed by atoms with Crippen LogP contribution in [-0.2, 0) is 4.79 Å². The summed E-state index contributed by atoms with van der Waals surface area (Å²) < 4.78 is 0. The minimum absolute atomic E-state index is 0.252. The van der Waals surface area contributed by atoms with Crippen LogP contribution in [0.4, 0.5) is 11.5 Å². The van der Waals surface area contributed by atoms with E-state index < -0.39 is 0 Å². The molecule has 0 aromatic carbocycles. The van der Waals surface area contributed by atoms with Crippen LogP contribution in [0.5, 0.6) is 0 Å². The lowest BCUT2D eigenvalue weighted by atomic mass is 10.0. The number of pyridine rings is 1. The minimum Gasteiger partial charge on any atom is -0.398 e. The third-order valence-electron chi connectivity index (χ3n) is 3.26. The molecule has 1 atom stereocenters. The van der Waals surface area contributed by atoms with E-state index in [2.05, 4.69) is 4.98 Å². The number of aryl methyl sites for hydroxylation is 1. The average Bonchev–Trinajstić information content (AvgIpc) is 2.32. The zero-order chi connectivity index (χ0) is 12.4. The summed E-state index contributed by atoms with van der Waals surface area (Å²) in [6.45, 7) is 2.72. The van der Waals surface area contributed by atoms with Crippen molar-refractivity contribution in [3.05, 3.63) is 17.8 Å². The molecule has 0 spiro atoms.